The summed E-state index contributed by atoms with van der Waals surface area (Å²) in [5, 5.41) is 6.26. The lowest BCUT2D eigenvalue weighted by Gasteiger charge is -2.33. The van der Waals surface area contributed by atoms with Crippen molar-refractivity contribution in [2.24, 2.45) is 5.92 Å². The van der Waals surface area contributed by atoms with Crippen molar-refractivity contribution in [2.45, 2.75) is 83.7 Å². The van der Waals surface area contributed by atoms with E-state index >= 15 is 0 Å². The average molecular weight is 580 g/mol. The minimum atomic E-state index is -0.421. The molecule has 42 heavy (non-hydrogen) atoms. The van der Waals surface area contributed by atoms with Crippen LogP contribution in [0.15, 0.2) is 30.5 Å². The van der Waals surface area contributed by atoms with Crippen molar-refractivity contribution in [3.63, 3.8) is 0 Å². The summed E-state index contributed by atoms with van der Waals surface area (Å²) in [7, 11) is 1.52. The van der Waals surface area contributed by atoms with E-state index in [1.54, 1.807) is 6.07 Å². The Morgan fingerprint density at radius 1 is 1.10 bits per heavy atom. The molecule has 2 atom stereocenters. The third-order valence-corrected chi connectivity index (χ3v) is 8.35. The second-order valence-electron chi connectivity index (χ2n) is 11.2. The standard InChI is InChI=1S/C32H45N5O5/c1-4-27(38)30(22-11-7-6-8-12-22)36-31(40)24-14-9-13-23(17-24)25-15-10-16-37(21-25)29(39)20-33-18-26-32(42-5-2)35-28(41-3)19-34-26/h9,13-14,17,19,22,25,30,33H,4-8,10-12,15-16,18,20-21H2,1-3H3,(H,36,40). The highest BCUT2D eigenvalue weighted by atomic mass is 16.5. The smallest absolute Gasteiger partial charge is 0.251 e. The number of nitrogens with one attached hydrogen (secondary N) is 2. The van der Waals surface area contributed by atoms with Crippen LogP contribution >= 0.6 is 0 Å². The lowest BCUT2D eigenvalue weighted by molar-refractivity contribution is -0.131. The topological polar surface area (TPSA) is 123 Å². The molecule has 4 rings (SSSR count). The van der Waals surface area contributed by atoms with E-state index in [1.165, 1.54) is 19.7 Å². The number of ketones is 1. The van der Waals surface area contributed by atoms with Crippen molar-refractivity contribution in [1.29, 1.82) is 0 Å². The van der Waals surface area contributed by atoms with Gasteiger partial charge >= 0.3 is 0 Å². The number of Topliss-reactive ketones (excluding diaryl/α,β-unsaturated/α-hetero) is 1. The number of benzene rings is 1. The molecule has 2 fully saturated rings. The average Bonchev–Trinajstić information content (AvgIpc) is 3.04. The zero-order valence-corrected chi connectivity index (χ0v) is 25.2. The van der Waals surface area contributed by atoms with Gasteiger partial charge in [-0.15, -0.1) is 0 Å². The number of rotatable bonds is 13. The molecule has 1 saturated heterocycles. The van der Waals surface area contributed by atoms with Gasteiger partial charge in [0.15, 0.2) is 5.78 Å². The summed E-state index contributed by atoms with van der Waals surface area (Å²) in [5.74, 6) is 1.04. The zero-order chi connectivity index (χ0) is 29.9. The fraction of sp³-hybridized carbons (Fsp3) is 0.594. The van der Waals surface area contributed by atoms with Crippen LogP contribution in [-0.4, -0.2) is 71.9 Å². The molecule has 1 aromatic heterocycles. The molecule has 2 aliphatic rings. The highest BCUT2D eigenvalue weighted by Gasteiger charge is 2.30. The number of hydrogen-bond donors (Lipinski definition) is 2. The SMILES string of the molecule is CCOc1nc(OC)cnc1CNCC(=O)N1CCCC(c2cccc(C(=O)NC(C(=O)CC)C3CCCCC3)c2)C1. The summed E-state index contributed by atoms with van der Waals surface area (Å²) < 4.78 is 10.7. The minimum Gasteiger partial charge on any atom is -0.480 e. The van der Waals surface area contributed by atoms with Crippen molar-refractivity contribution >= 4 is 17.6 Å². The van der Waals surface area contributed by atoms with Gasteiger partial charge in [-0.05, 0) is 56.2 Å². The summed E-state index contributed by atoms with van der Waals surface area (Å²) in [6.07, 6.45) is 9.17. The predicted molar refractivity (Wildman–Crippen MR) is 160 cm³/mol. The lowest BCUT2D eigenvalue weighted by atomic mass is 9.81. The molecule has 2 unspecified atom stereocenters. The maximum absolute atomic E-state index is 13.3. The van der Waals surface area contributed by atoms with E-state index in [4.69, 9.17) is 9.47 Å². The van der Waals surface area contributed by atoms with Gasteiger partial charge in [0, 0.05) is 37.5 Å². The van der Waals surface area contributed by atoms with Crippen LogP contribution in [0.2, 0.25) is 0 Å². The Bertz CT molecular complexity index is 1220. The van der Waals surface area contributed by atoms with Gasteiger partial charge in [0.1, 0.15) is 5.69 Å². The Balaban J connectivity index is 1.34. The first-order chi connectivity index (χ1) is 20.4. The summed E-state index contributed by atoms with van der Waals surface area (Å²) in [6.45, 7) is 5.99. The first-order valence-electron chi connectivity index (χ1n) is 15.4. The van der Waals surface area contributed by atoms with Crippen molar-refractivity contribution < 1.29 is 23.9 Å². The van der Waals surface area contributed by atoms with E-state index < -0.39 is 6.04 Å². The number of likely N-dealkylation sites (tertiary alicyclic amines) is 1. The number of nitrogens with zero attached hydrogens (tertiary/aromatic N) is 3. The Morgan fingerprint density at radius 3 is 2.64 bits per heavy atom. The summed E-state index contributed by atoms with van der Waals surface area (Å²) >= 11 is 0. The minimum absolute atomic E-state index is 0.0152. The maximum Gasteiger partial charge on any atom is 0.251 e. The molecule has 0 radical (unpaired) electrons. The van der Waals surface area contributed by atoms with Gasteiger partial charge in [-0.2, -0.15) is 4.98 Å². The van der Waals surface area contributed by atoms with Gasteiger partial charge < -0.3 is 25.0 Å². The fourth-order valence-corrected chi connectivity index (χ4v) is 6.04. The number of hydrogen-bond acceptors (Lipinski definition) is 8. The van der Waals surface area contributed by atoms with E-state index in [0.717, 1.165) is 44.1 Å². The molecule has 10 nitrogen and oxygen atoms in total. The van der Waals surface area contributed by atoms with Crippen LogP contribution in [0.1, 0.15) is 92.7 Å². The predicted octanol–water partition coefficient (Wildman–Crippen LogP) is 4.04. The maximum atomic E-state index is 13.3. The van der Waals surface area contributed by atoms with Gasteiger partial charge in [0.2, 0.25) is 17.7 Å². The van der Waals surface area contributed by atoms with Crippen LogP contribution in [0.25, 0.3) is 0 Å². The molecular formula is C32H45N5O5. The largest absolute Gasteiger partial charge is 0.480 e. The molecule has 0 spiro atoms. The number of methoxy groups -OCH3 is 1. The molecule has 1 aromatic carbocycles. The first-order valence-corrected chi connectivity index (χ1v) is 15.4. The van der Waals surface area contributed by atoms with E-state index in [-0.39, 0.29) is 36.0 Å². The Labute approximate surface area is 249 Å². The van der Waals surface area contributed by atoms with Gasteiger partial charge in [-0.25, -0.2) is 4.98 Å². The van der Waals surface area contributed by atoms with Gasteiger partial charge in [0.05, 0.1) is 32.5 Å². The van der Waals surface area contributed by atoms with Gasteiger partial charge in [-0.3, -0.25) is 14.4 Å². The quantitative estimate of drug-likeness (QED) is 0.365. The zero-order valence-electron chi connectivity index (χ0n) is 25.2. The summed E-state index contributed by atoms with van der Waals surface area (Å²) in [5.41, 5.74) is 2.22. The Morgan fingerprint density at radius 2 is 1.90 bits per heavy atom. The molecule has 1 aliphatic carbocycles. The molecule has 228 valence electrons. The molecule has 10 heteroatoms. The molecule has 0 bridgehead atoms. The summed E-state index contributed by atoms with van der Waals surface area (Å²) in [6, 6.07) is 7.24. The number of aromatic nitrogens is 2. The molecule has 1 aliphatic heterocycles. The third-order valence-electron chi connectivity index (χ3n) is 8.35. The van der Waals surface area contributed by atoms with Gasteiger partial charge in [-0.1, -0.05) is 38.3 Å². The van der Waals surface area contributed by atoms with Crippen LogP contribution in [-0.2, 0) is 16.1 Å². The Hall–Kier alpha value is -3.53. The number of ether oxygens (including phenoxy) is 2. The van der Waals surface area contributed by atoms with Crippen LogP contribution in [0.5, 0.6) is 11.8 Å². The van der Waals surface area contributed by atoms with Crippen LogP contribution in [0.3, 0.4) is 0 Å². The molecule has 2 N–H and O–H groups in total. The molecule has 2 amide bonds. The van der Waals surface area contributed by atoms with E-state index in [1.807, 2.05) is 36.9 Å². The van der Waals surface area contributed by atoms with Crippen LogP contribution in [0.4, 0.5) is 0 Å². The van der Waals surface area contributed by atoms with Crippen molar-refractivity contribution in [1.82, 2.24) is 25.5 Å². The number of amides is 2. The normalized spacial score (nSPS) is 18.3. The Kier molecular flexibility index (Phi) is 11.7. The first kappa shape index (κ1) is 31.4. The second kappa shape index (κ2) is 15.6. The molecular weight excluding hydrogens is 534 g/mol. The van der Waals surface area contributed by atoms with Crippen molar-refractivity contribution in [3.8, 4) is 11.8 Å². The van der Waals surface area contributed by atoms with Crippen molar-refractivity contribution in [3.05, 3.63) is 47.3 Å². The highest BCUT2D eigenvalue weighted by molar-refractivity contribution is 5.98. The second-order valence-corrected chi connectivity index (χ2v) is 11.2. The number of carbonyl (C=O) groups is 3. The summed E-state index contributed by atoms with van der Waals surface area (Å²) in [4.78, 5) is 49.7. The number of piperidine rings is 1. The van der Waals surface area contributed by atoms with E-state index in [2.05, 4.69) is 20.6 Å². The van der Waals surface area contributed by atoms with Gasteiger partial charge in [0.25, 0.3) is 5.91 Å². The molecule has 1 saturated carbocycles. The number of carbonyl (C=O) groups excluding carboxylic acids is 3. The fourth-order valence-electron chi connectivity index (χ4n) is 6.04. The monoisotopic (exact) mass is 579 g/mol. The van der Waals surface area contributed by atoms with E-state index in [9.17, 15) is 14.4 Å². The third kappa shape index (κ3) is 8.27. The molecule has 2 aromatic rings. The highest BCUT2D eigenvalue weighted by Crippen LogP contribution is 2.29. The van der Waals surface area contributed by atoms with Crippen molar-refractivity contribution in [2.75, 3.05) is 33.4 Å². The van der Waals surface area contributed by atoms with Crippen LogP contribution < -0.4 is 20.1 Å². The van der Waals surface area contributed by atoms with Crippen LogP contribution in [0, 0.1) is 5.92 Å². The molecule has 2 heterocycles. The van der Waals surface area contributed by atoms with E-state index in [0.29, 0.717) is 55.7 Å². The lowest BCUT2D eigenvalue weighted by Crippen LogP contribution is -2.46.